The zero-order chi connectivity index (χ0) is 8.97. The van der Waals surface area contributed by atoms with Crippen molar-refractivity contribution in [2.45, 2.75) is 32.0 Å². The average molecular weight is 190 g/mol. The molecule has 1 aliphatic rings. The monoisotopic (exact) mass is 190 g/mol. The first-order valence-corrected chi connectivity index (χ1v) is 4.55. The first kappa shape index (κ1) is 9.74. The minimum Gasteiger partial charge on any atom is -0.450 e. The van der Waals surface area contributed by atoms with Gasteiger partial charge in [-0.1, -0.05) is 13.3 Å². The Balaban J connectivity index is 2.41. The van der Waals surface area contributed by atoms with Crippen molar-refractivity contribution in [2.24, 2.45) is 0 Å². The Morgan fingerprint density at radius 2 is 2.08 bits per heavy atom. The van der Waals surface area contributed by atoms with Gasteiger partial charge in [0.1, 0.15) is 6.10 Å². The topological polar surface area (TPSA) is 27.7 Å². The summed E-state index contributed by atoms with van der Waals surface area (Å²) >= 11 is 4.80. The van der Waals surface area contributed by atoms with E-state index in [4.69, 9.17) is 26.4 Å². The van der Waals surface area contributed by atoms with Gasteiger partial charge in [-0.2, -0.15) is 0 Å². The molecule has 12 heavy (non-hydrogen) atoms. The van der Waals surface area contributed by atoms with E-state index in [-0.39, 0.29) is 17.4 Å². The van der Waals surface area contributed by atoms with Gasteiger partial charge in [-0.15, -0.1) is 0 Å². The Morgan fingerprint density at radius 1 is 1.42 bits per heavy atom. The van der Waals surface area contributed by atoms with E-state index in [0.29, 0.717) is 6.61 Å². The molecule has 0 unspecified atom stereocenters. The van der Waals surface area contributed by atoms with Gasteiger partial charge in [-0.3, -0.25) is 0 Å². The molecule has 0 spiro atoms. The van der Waals surface area contributed by atoms with Crippen molar-refractivity contribution in [1.29, 1.82) is 0 Å². The van der Waals surface area contributed by atoms with Gasteiger partial charge in [-0.25, -0.2) is 0 Å². The molecule has 1 aliphatic heterocycles. The SMILES string of the molecule is CCC[C@H]1OC(=S)O[C@@H]1COC. The molecule has 0 bridgehead atoms. The molecule has 0 aromatic carbocycles. The highest BCUT2D eigenvalue weighted by atomic mass is 32.1. The van der Waals surface area contributed by atoms with Crippen molar-refractivity contribution in [2.75, 3.05) is 13.7 Å². The quantitative estimate of drug-likeness (QED) is 0.628. The summed E-state index contributed by atoms with van der Waals surface area (Å²) in [6.07, 6.45) is 2.11. The van der Waals surface area contributed by atoms with Crippen molar-refractivity contribution in [1.82, 2.24) is 0 Å². The Labute approximate surface area is 78.0 Å². The van der Waals surface area contributed by atoms with E-state index in [0.717, 1.165) is 12.8 Å². The Morgan fingerprint density at radius 3 is 2.67 bits per heavy atom. The predicted molar refractivity (Wildman–Crippen MR) is 49.1 cm³/mol. The maximum absolute atomic E-state index is 5.30. The zero-order valence-corrected chi connectivity index (χ0v) is 8.23. The highest BCUT2D eigenvalue weighted by molar-refractivity contribution is 7.79. The fraction of sp³-hybridized carbons (Fsp3) is 0.875. The van der Waals surface area contributed by atoms with Crippen LogP contribution < -0.4 is 0 Å². The molecular weight excluding hydrogens is 176 g/mol. The van der Waals surface area contributed by atoms with E-state index >= 15 is 0 Å². The molecule has 0 amide bonds. The summed E-state index contributed by atoms with van der Waals surface area (Å²) in [4.78, 5) is 0. The maximum Gasteiger partial charge on any atom is 0.353 e. The minimum absolute atomic E-state index is 0.0116. The number of ether oxygens (including phenoxy) is 3. The van der Waals surface area contributed by atoms with E-state index < -0.39 is 0 Å². The van der Waals surface area contributed by atoms with Crippen molar-refractivity contribution in [3.05, 3.63) is 0 Å². The predicted octanol–water partition coefficient (Wildman–Crippen LogP) is 1.50. The molecule has 70 valence electrons. The van der Waals surface area contributed by atoms with Crippen LogP contribution in [0.4, 0.5) is 0 Å². The van der Waals surface area contributed by atoms with Crippen LogP contribution >= 0.6 is 12.2 Å². The first-order chi connectivity index (χ1) is 5.77. The van der Waals surface area contributed by atoms with E-state index in [1.54, 1.807) is 7.11 Å². The Hall–Kier alpha value is -0.350. The second-order valence-electron chi connectivity index (χ2n) is 2.81. The van der Waals surface area contributed by atoms with Crippen LogP contribution in [0, 0.1) is 0 Å². The van der Waals surface area contributed by atoms with E-state index in [1.165, 1.54) is 0 Å². The molecule has 3 nitrogen and oxygen atoms in total. The molecule has 2 atom stereocenters. The van der Waals surface area contributed by atoms with E-state index in [9.17, 15) is 0 Å². The van der Waals surface area contributed by atoms with Crippen molar-refractivity contribution >= 4 is 17.5 Å². The molecule has 0 aromatic rings. The Kier molecular flexibility index (Phi) is 3.75. The lowest BCUT2D eigenvalue weighted by Gasteiger charge is -2.13. The first-order valence-electron chi connectivity index (χ1n) is 4.14. The number of thiocarbonyl (C=S) groups is 1. The summed E-state index contributed by atoms with van der Waals surface area (Å²) in [7, 11) is 1.65. The van der Waals surface area contributed by atoms with Crippen LogP contribution in [-0.2, 0) is 14.2 Å². The molecule has 1 fully saturated rings. The van der Waals surface area contributed by atoms with E-state index in [2.05, 4.69) is 6.92 Å². The number of rotatable bonds is 4. The van der Waals surface area contributed by atoms with Gasteiger partial charge in [0, 0.05) is 19.3 Å². The summed E-state index contributed by atoms with van der Waals surface area (Å²) in [5.74, 6) is 0. The van der Waals surface area contributed by atoms with Crippen LogP contribution in [0.3, 0.4) is 0 Å². The van der Waals surface area contributed by atoms with Crippen molar-refractivity contribution in [3.8, 4) is 0 Å². The fourth-order valence-corrected chi connectivity index (χ4v) is 1.51. The lowest BCUT2D eigenvalue weighted by atomic mass is 10.1. The number of hydrogen-bond donors (Lipinski definition) is 0. The maximum atomic E-state index is 5.30. The smallest absolute Gasteiger partial charge is 0.353 e. The molecule has 4 heteroatoms. The number of hydrogen-bond acceptors (Lipinski definition) is 4. The lowest BCUT2D eigenvalue weighted by Crippen LogP contribution is -2.26. The van der Waals surface area contributed by atoms with Gasteiger partial charge in [0.25, 0.3) is 0 Å². The van der Waals surface area contributed by atoms with Gasteiger partial charge in [0.15, 0.2) is 6.10 Å². The van der Waals surface area contributed by atoms with Crippen LogP contribution in [-0.4, -0.2) is 31.2 Å². The summed E-state index contributed by atoms with van der Waals surface area (Å²) in [5.41, 5.74) is 0. The summed E-state index contributed by atoms with van der Waals surface area (Å²) in [6, 6.07) is 0. The van der Waals surface area contributed by atoms with Crippen molar-refractivity contribution < 1.29 is 14.2 Å². The Bertz CT molecular complexity index is 144. The van der Waals surface area contributed by atoms with Crippen molar-refractivity contribution in [3.63, 3.8) is 0 Å². The van der Waals surface area contributed by atoms with Gasteiger partial charge in [0.2, 0.25) is 0 Å². The molecular formula is C8H14O3S. The molecule has 1 saturated heterocycles. The summed E-state index contributed by atoms with van der Waals surface area (Å²) in [6.45, 7) is 2.65. The highest BCUT2D eigenvalue weighted by Crippen LogP contribution is 2.19. The third-order valence-corrected chi connectivity index (χ3v) is 2.01. The highest BCUT2D eigenvalue weighted by Gasteiger charge is 2.33. The molecule has 0 aromatic heterocycles. The lowest BCUT2D eigenvalue weighted by molar-refractivity contribution is 0.0574. The molecule has 0 aliphatic carbocycles. The molecule has 0 radical (unpaired) electrons. The molecule has 0 N–H and O–H groups in total. The van der Waals surface area contributed by atoms with Crippen LogP contribution in [0.2, 0.25) is 0 Å². The van der Waals surface area contributed by atoms with E-state index in [1.807, 2.05) is 0 Å². The number of methoxy groups -OCH3 is 1. The molecule has 1 rings (SSSR count). The van der Waals surface area contributed by atoms with Crippen LogP contribution in [0.15, 0.2) is 0 Å². The zero-order valence-electron chi connectivity index (χ0n) is 7.41. The van der Waals surface area contributed by atoms with Gasteiger partial charge >= 0.3 is 5.24 Å². The second-order valence-corrected chi connectivity index (χ2v) is 3.14. The van der Waals surface area contributed by atoms with Gasteiger partial charge < -0.3 is 14.2 Å². The largest absolute Gasteiger partial charge is 0.450 e. The standard InChI is InChI=1S/C8H14O3S/c1-3-4-6-7(5-9-2)11-8(12)10-6/h6-7H,3-5H2,1-2H3/t6-,7-/m1/s1. The van der Waals surface area contributed by atoms with Crippen LogP contribution in [0.25, 0.3) is 0 Å². The third kappa shape index (κ3) is 2.32. The molecule has 1 heterocycles. The van der Waals surface area contributed by atoms with Gasteiger partial charge in [-0.05, 0) is 6.42 Å². The second kappa shape index (κ2) is 4.62. The fourth-order valence-electron chi connectivity index (χ4n) is 1.26. The average Bonchev–Trinajstić information content (AvgIpc) is 2.33. The van der Waals surface area contributed by atoms with Crippen LogP contribution in [0.1, 0.15) is 19.8 Å². The van der Waals surface area contributed by atoms with Gasteiger partial charge in [0.05, 0.1) is 6.61 Å². The minimum atomic E-state index is -0.0116. The summed E-state index contributed by atoms with van der Waals surface area (Å²) in [5, 5.41) is 0.260. The third-order valence-electron chi connectivity index (χ3n) is 1.81. The summed E-state index contributed by atoms with van der Waals surface area (Å²) < 4.78 is 15.5. The normalized spacial score (nSPS) is 28.3. The molecule has 0 saturated carbocycles. The van der Waals surface area contributed by atoms with Crippen LogP contribution in [0.5, 0.6) is 0 Å².